The van der Waals surface area contributed by atoms with E-state index in [0.717, 1.165) is 12.5 Å². The highest BCUT2D eigenvalue weighted by atomic mass is 16.3. The van der Waals surface area contributed by atoms with Crippen molar-refractivity contribution in [2.45, 2.75) is 110 Å². The molecule has 146 valence electrons. The molecule has 0 aromatic carbocycles. The number of hydrogen-bond acceptors (Lipinski definition) is 3. The molecule has 3 N–H and O–H groups in total. The average Bonchev–Trinajstić information content (AvgIpc) is 2.57. The van der Waals surface area contributed by atoms with E-state index in [1.807, 2.05) is 0 Å². The van der Waals surface area contributed by atoms with Crippen LogP contribution in [0.4, 0.5) is 0 Å². The zero-order chi connectivity index (χ0) is 17.9. The smallest absolute Gasteiger partial charge is 0.0894 e. The van der Waals surface area contributed by atoms with Gasteiger partial charge in [-0.05, 0) is 18.9 Å². The molecule has 0 aliphatic rings. The summed E-state index contributed by atoms with van der Waals surface area (Å²) in [5.74, 6) is 0.875. The van der Waals surface area contributed by atoms with Gasteiger partial charge in [-0.3, -0.25) is 0 Å². The molecule has 1 unspecified atom stereocenters. The highest BCUT2D eigenvalue weighted by Crippen LogP contribution is 2.14. The first-order chi connectivity index (χ1) is 11.7. The molecule has 0 spiro atoms. The third-order valence-electron chi connectivity index (χ3n) is 4.73. The Balaban J connectivity index is 3.00. The number of aliphatic hydroxyl groups is 2. The molecule has 3 nitrogen and oxygen atoms in total. The van der Waals surface area contributed by atoms with Crippen molar-refractivity contribution in [2.75, 3.05) is 19.7 Å². The third kappa shape index (κ3) is 19.9. The lowest BCUT2D eigenvalue weighted by molar-refractivity contribution is 0.0945. The summed E-state index contributed by atoms with van der Waals surface area (Å²) in [5.41, 5.74) is 0. The summed E-state index contributed by atoms with van der Waals surface area (Å²) in [6, 6.07) is 0. The first-order valence-corrected chi connectivity index (χ1v) is 10.7. The Morgan fingerprint density at radius 1 is 0.667 bits per heavy atom. The molecule has 0 aromatic rings. The summed E-state index contributed by atoms with van der Waals surface area (Å²) in [4.78, 5) is 0. The number of nitrogens with one attached hydrogen (secondary N) is 1. The highest BCUT2D eigenvalue weighted by molar-refractivity contribution is 4.57. The van der Waals surface area contributed by atoms with Crippen LogP contribution in [-0.2, 0) is 0 Å². The van der Waals surface area contributed by atoms with Crippen molar-refractivity contribution in [3.63, 3.8) is 0 Å². The van der Waals surface area contributed by atoms with Crippen molar-refractivity contribution in [1.82, 2.24) is 5.32 Å². The maximum Gasteiger partial charge on any atom is 0.0894 e. The SMILES string of the molecule is CC(C)CCCCCCCCCCCCCCCNCC(O)CO. The first kappa shape index (κ1) is 23.9. The van der Waals surface area contributed by atoms with Gasteiger partial charge in [0.05, 0.1) is 12.7 Å². The Bertz CT molecular complexity index is 234. The summed E-state index contributed by atoms with van der Waals surface area (Å²) in [7, 11) is 0. The predicted molar refractivity (Wildman–Crippen MR) is 105 cm³/mol. The number of aliphatic hydroxyl groups excluding tert-OH is 2. The fourth-order valence-electron chi connectivity index (χ4n) is 3.08. The van der Waals surface area contributed by atoms with Gasteiger partial charge in [0, 0.05) is 6.54 Å². The molecule has 0 aromatic heterocycles. The normalized spacial score (nSPS) is 12.9. The van der Waals surface area contributed by atoms with Crippen molar-refractivity contribution < 1.29 is 10.2 Å². The van der Waals surface area contributed by atoms with Gasteiger partial charge in [-0.15, -0.1) is 0 Å². The minimum atomic E-state index is -0.606. The van der Waals surface area contributed by atoms with Gasteiger partial charge in [-0.2, -0.15) is 0 Å². The van der Waals surface area contributed by atoms with Crippen molar-refractivity contribution >= 4 is 0 Å². The van der Waals surface area contributed by atoms with Crippen LogP contribution in [0.3, 0.4) is 0 Å². The second kappa shape index (κ2) is 19.2. The van der Waals surface area contributed by atoms with Gasteiger partial charge in [0.2, 0.25) is 0 Å². The van der Waals surface area contributed by atoms with Crippen LogP contribution >= 0.6 is 0 Å². The minimum Gasteiger partial charge on any atom is -0.394 e. The lowest BCUT2D eigenvalue weighted by Crippen LogP contribution is -2.29. The van der Waals surface area contributed by atoms with E-state index >= 15 is 0 Å². The average molecular weight is 344 g/mol. The fraction of sp³-hybridized carbons (Fsp3) is 1.00. The van der Waals surface area contributed by atoms with Crippen molar-refractivity contribution in [3.05, 3.63) is 0 Å². The summed E-state index contributed by atoms with van der Waals surface area (Å²) in [6.07, 6.45) is 18.8. The molecule has 0 saturated heterocycles. The summed E-state index contributed by atoms with van der Waals surface area (Å²) >= 11 is 0. The zero-order valence-electron chi connectivity index (χ0n) is 16.6. The van der Waals surface area contributed by atoms with Gasteiger partial charge in [0.25, 0.3) is 0 Å². The Kier molecular flexibility index (Phi) is 19.1. The fourth-order valence-corrected chi connectivity index (χ4v) is 3.08. The predicted octanol–water partition coefficient (Wildman–Crippen LogP) is 5.05. The van der Waals surface area contributed by atoms with E-state index in [1.54, 1.807) is 0 Å². The number of hydrogen-bond donors (Lipinski definition) is 3. The molecular formula is C21H45NO2. The van der Waals surface area contributed by atoms with Gasteiger partial charge < -0.3 is 15.5 Å². The lowest BCUT2D eigenvalue weighted by atomic mass is 10.0. The van der Waals surface area contributed by atoms with E-state index in [1.165, 1.54) is 89.9 Å². The van der Waals surface area contributed by atoms with Crippen LogP contribution < -0.4 is 5.32 Å². The van der Waals surface area contributed by atoms with Crippen LogP contribution in [0.2, 0.25) is 0 Å². The molecule has 1 atom stereocenters. The molecule has 0 rings (SSSR count). The quantitative estimate of drug-likeness (QED) is 0.288. The molecule has 0 heterocycles. The molecule has 0 fully saturated rings. The second-order valence-corrected chi connectivity index (χ2v) is 7.82. The maximum atomic E-state index is 9.18. The highest BCUT2D eigenvalue weighted by Gasteiger charge is 1.99. The first-order valence-electron chi connectivity index (χ1n) is 10.7. The summed E-state index contributed by atoms with van der Waals surface area (Å²) in [5, 5.41) is 21.0. The van der Waals surface area contributed by atoms with E-state index < -0.39 is 6.10 Å². The zero-order valence-corrected chi connectivity index (χ0v) is 16.6. The topological polar surface area (TPSA) is 52.5 Å². The van der Waals surface area contributed by atoms with Crippen LogP contribution in [0, 0.1) is 5.92 Å². The van der Waals surface area contributed by atoms with Gasteiger partial charge >= 0.3 is 0 Å². The van der Waals surface area contributed by atoms with Crippen LogP contribution in [0.5, 0.6) is 0 Å². The van der Waals surface area contributed by atoms with E-state index in [-0.39, 0.29) is 6.61 Å². The molecular weight excluding hydrogens is 298 g/mol. The van der Waals surface area contributed by atoms with Gasteiger partial charge in [-0.25, -0.2) is 0 Å². The molecule has 0 aliphatic heterocycles. The van der Waals surface area contributed by atoms with E-state index in [0.29, 0.717) is 6.54 Å². The van der Waals surface area contributed by atoms with Crippen LogP contribution in [0.15, 0.2) is 0 Å². The molecule has 3 heteroatoms. The van der Waals surface area contributed by atoms with E-state index in [4.69, 9.17) is 5.11 Å². The molecule has 0 radical (unpaired) electrons. The van der Waals surface area contributed by atoms with Crippen molar-refractivity contribution in [2.24, 2.45) is 5.92 Å². The second-order valence-electron chi connectivity index (χ2n) is 7.82. The van der Waals surface area contributed by atoms with Gasteiger partial charge in [0.1, 0.15) is 0 Å². The third-order valence-corrected chi connectivity index (χ3v) is 4.73. The van der Waals surface area contributed by atoms with Crippen molar-refractivity contribution in [1.29, 1.82) is 0 Å². The Morgan fingerprint density at radius 2 is 1.08 bits per heavy atom. The van der Waals surface area contributed by atoms with Crippen LogP contribution in [0.25, 0.3) is 0 Å². The van der Waals surface area contributed by atoms with E-state index in [2.05, 4.69) is 19.2 Å². The number of unbranched alkanes of at least 4 members (excludes halogenated alkanes) is 12. The van der Waals surface area contributed by atoms with Gasteiger partial charge in [-0.1, -0.05) is 97.3 Å². The standard InChI is InChI=1S/C21H45NO2/c1-20(2)16-14-12-10-8-6-4-3-5-7-9-11-13-15-17-22-18-21(24)19-23/h20-24H,3-19H2,1-2H3. The van der Waals surface area contributed by atoms with Crippen molar-refractivity contribution in [3.8, 4) is 0 Å². The molecule has 24 heavy (non-hydrogen) atoms. The lowest BCUT2D eigenvalue weighted by Gasteiger charge is -2.08. The maximum absolute atomic E-state index is 9.18. The monoisotopic (exact) mass is 343 g/mol. The Morgan fingerprint density at radius 3 is 1.50 bits per heavy atom. The Hall–Kier alpha value is -0.120. The molecule has 0 saturated carbocycles. The molecule has 0 bridgehead atoms. The van der Waals surface area contributed by atoms with E-state index in [9.17, 15) is 5.11 Å². The Labute approximate surface area is 151 Å². The molecule has 0 aliphatic carbocycles. The molecule has 0 amide bonds. The number of rotatable bonds is 19. The van der Waals surface area contributed by atoms with Crippen LogP contribution in [0.1, 0.15) is 104 Å². The largest absolute Gasteiger partial charge is 0.394 e. The summed E-state index contributed by atoms with van der Waals surface area (Å²) < 4.78 is 0. The van der Waals surface area contributed by atoms with Crippen LogP contribution in [-0.4, -0.2) is 36.0 Å². The minimum absolute atomic E-state index is 0.148. The summed E-state index contributed by atoms with van der Waals surface area (Å²) in [6.45, 7) is 5.95. The van der Waals surface area contributed by atoms with Gasteiger partial charge in [0.15, 0.2) is 0 Å².